The number of fused-ring (bicyclic) bond motifs is 10. The Morgan fingerprint density at radius 2 is 0.653 bits per heavy atom. The number of rotatable bonds is 4. The molecule has 49 heavy (non-hydrogen) atoms. The Morgan fingerprint density at radius 1 is 0.429 bits per heavy atom. The first kappa shape index (κ1) is 35.7. The van der Waals surface area contributed by atoms with Crippen LogP contribution in [0.5, 0.6) is 0 Å². The smallest absolute Gasteiger partial charge is 0.240 e. The number of imide groups is 2. The van der Waals surface area contributed by atoms with Crippen LogP contribution >= 0.6 is 139 Å². The maximum Gasteiger partial charge on any atom is 0.240 e. The van der Waals surface area contributed by atoms with E-state index in [2.05, 4.69) is 0 Å². The minimum atomic E-state index is -2.02. The SMILES string of the molecule is O=C1[C@@H]2[C@@H](C(=O)N1c1ccc(Cc3ccc(N4C(=O)[C@@H]5[C@H](C4=O)[C@@]4(Cl)C(Cl)=C(Cl)[C@@]5(Cl)C4(Cl)Cl)cc3)cc1)[C@@]1(Cl)C(Cl)=C(Cl)[C@@]2(Cl)C1(Cl)Cl. The van der Waals surface area contributed by atoms with Crippen LogP contribution in [0.2, 0.25) is 0 Å². The number of hydrogen-bond acceptors (Lipinski definition) is 4. The van der Waals surface area contributed by atoms with Gasteiger partial charge in [-0.3, -0.25) is 19.2 Å². The molecule has 8 rings (SSSR count). The number of hydrogen-bond donors (Lipinski definition) is 0. The summed E-state index contributed by atoms with van der Waals surface area (Å²) in [5.41, 5.74) is 2.18. The number of carbonyl (C=O) groups excluding carboxylic acids is 4. The zero-order valence-electron chi connectivity index (χ0n) is 23.7. The predicted molar refractivity (Wildman–Crippen MR) is 195 cm³/mol. The number of halogens is 12. The fourth-order valence-electron chi connectivity index (χ4n) is 8.26. The molecule has 18 heteroatoms. The van der Waals surface area contributed by atoms with Gasteiger partial charge in [0.05, 0.1) is 55.2 Å². The van der Waals surface area contributed by atoms with Gasteiger partial charge < -0.3 is 0 Å². The third kappa shape index (κ3) is 3.71. The zero-order chi connectivity index (χ0) is 35.8. The molecule has 4 aliphatic carbocycles. The van der Waals surface area contributed by atoms with Crippen LogP contribution in [-0.2, 0) is 25.6 Å². The summed E-state index contributed by atoms with van der Waals surface area (Å²) < 4.78 is -4.04. The number of nitrogens with zero attached hydrogens (tertiary/aromatic N) is 2. The minimum Gasteiger partial charge on any atom is -0.274 e. The van der Waals surface area contributed by atoms with E-state index in [0.29, 0.717) is 6.42 Å². The molecule has 2 heterocycles. The molecule has 0 aromatic heterocycles. The number of anilines is 2. The first-order valence-electron chi connectivity index (χ1n) is 14.3. The van der Waals surface area contributed by atoms with Gasteiger partial charge in [0.25, 0.3) is 0 Å². The molecule has 0 unspecified atom stereocenters. The standard InChI is InChI=1S/C31H14Cl12N2O4/c32-18-19(33)27(37)15-14(26(18,36)30(27,40)41)22(46)44(23(15)47)12-5-1-10(2-6-12)9-11-3-7-13(8-4-11)45-24(48)16-17(25(45)49)29(39)21(35)20(34)28(16,38)31(29,42)43/h1-8,14-17H,9H2/t14-,15-,16-,17+,26+,27+,28+,29+/m0/s1. The highest BCUT2D eigenvalue weighted by atomic mass is 35.5. The fourth-order valence-corrected chi connectivity index (χ4v) is 14.1. The second-order valence-corrected chi connectivity index (χ2v) is 19.2. The monoisotopic (exact) mass is 898 g/mol. The van der Waals surface area contributed by atoms with Crippen LogP contribution in [0.25, 0.3) is 0 Å². The molecule has 0 spiro atoms. The van der Waals surface area contributed by atoms with Gasteiger partial charge in [0.1, 0.15) is 19.5 Å². The van der Waals surface area contributed by atoms with Crippen LogP contribution in [0.15, 0.2) is 68.7 Å². The Hall–Kier alpha value is -0.320. The lowest BCUT2D eigenvalue weighted by atomic mass is 9.84. The van der Waals surface area contributed by atoms with Crippen molar-refractivity contribution in [1.82, 2.24) is 0 Å². The van der Waals surface area contributed by atoms with Crippen molar-refractivity contribution in [2.24, 2.45) is 23.7 Å². The van der Waals surface area contributed by atoms with Crippen molar-refractivity contribution >= 4 is 174 Å². The third-order valence-electron chi connectivity index (χ3n) is 10.6. The lowest BCUT2D eigenvalue weighted by molar-refractivity contribution is -0.124. The fraction of sp³-hybridized carbons (Fsp3) is 0.355. The van der Waals surface area contributed by atoms with Gasteiger partial charge in [0, 0.05) is 0 Å². The van der Waals surface area contributed by atoms with Gasteiger partial charge >= 0.3 is 0 Å². The van der Waals surface area contributed by atoms with Crippen LogP contribution in [-0.4, -0.2) is 51.8 Å². The van der Waals surface area contributed by atoms with E-state index in [-0.39, 0.29) is 31.5 Å². The van der Waals surface area contributed by atoms with Gasteiger partial charge in [-0.05, 0) is 41.8 Å². The molecule has 6 nitrogen and oxygen atoms in total. The molecule has 4 bridgehead atoms. The van der Waals surface area contributed by atoms with Crippen LogP contribution < -0.4 is 9.80 Å². The number of amides is 4. The Morgan fingerprint density at radius 3 is 0.878 bits per heavy atom. The summed E-state index contributed by atoms with van der Waals surface area (Å²) in [4.78, 5) is 49.0. The molecule has 256 valence electrons. The van der Waals surface area contributed by atoms with E-state index in [1.54, 1.807) is 48.5 Å². The molecule has 8 atom stereocenters. The number of carbonyl (C=O) groups is 4. The molecule has 0 N–H and O–H groups in total. The van der Waals surface area contributed by atoms with Crippen molar-refractivity contribution in [3.8, 4) is 0 Å². The summed E-state index contributed by atoms with van der Waals surface area (Å²) in [6, 6.07) is 13.4. The summed E-state index contributed by atoms with van der Waals surface area (Å²) in [6.45, 7) is 0. The summed E-state index contributed by atoms with van der Waals surface area (Å²) in [5, 5.41) is -0.670. The van der Waals surface area contributed by atoms with Gasteiger partial charge in [-0.25, -0.2) is 9.80 Å². The highest BCUT2D eigenvalue weighted by molar-refractivity contribution is 6.68. The molecule has 2 aromatic rings. The quantitative estimate of drug-likeness (QED) is 0.227. The number of allylic oxidation sites excluding steroid dienone is 4. The van der Waals surface area contributed by atoms with E-state index < -0.39 is 75.5 Å². The average Bonchev–Trinajstić information content (AvgIpc) is 3.64. The highest BCUT2D eigenvalue weighted by Crippen LogP contribution is 2.79. The first-order chi connectivity index (χ1) is 22.7. The Labute approximate surface area is 338 Å². The average molecular weight is 904 g/mol. The molecule has 2 saturated heterocycles. The van der Waals surface area contributed by atoms with E-state index >= 15 is 0 Å². The predicted octanol–water partition coefficient (Wildman–Crippen LogP) is 9.18. The van der Waals surface area contributed by atoms with E-state index in [1.807, 2.05) is 0 Å². The van der Waals surface area contributed by atoms with Gasteiger partial charge in [-0.1, -0.05) is 117 Å². The number of benzene rings is 2. The van der Waals surface area contributed by atoms with Gasteiger partial charge in [0.15, 0.2) is 8.67 Å². The third-order valence-corrected chi connectivity index (χ3v) is 19.1. The molecular formula is C31H14Cl12N2O4. The van der Waals surface area contributed by atoms with Crippen molar-refractivity contribution in [3.63, 3.8) is 0 Å². The van der Waals surface area contributed by atoms with Crippen molar-refractivity contribution in [2.45, 2.75) is 34.6 Å². The second-order valence-electron chi connectivity index (χ2n) is 12.7. The molecule has 0 radical (unpaired) electrons. The normalized spacial score (nSPS) is 39.7. The maximum atomic E-state index is 13.7. The van der Waals surface area contributed by atoms with E-state index in [1.165, 1.54) is 0 Å². The van der Waals surface area contributed by atoms with E-state index in [0.717, 1.165) is 20.9 Å². The van der Waals surface area contributed by atoms with E-state index in [4.69, 9.17) is 139 Å². The minimum absolute atomic E-state index is 0.167. The van der Waals surface area contributed by atoms with Crippen LogP contribution in [0.4, 0.5) is 11.4 Å². The summed E-state index contributed by atoms with van der Waals surface area (Å²) >= 11 is 79.0. The van der Waals surface area contributed by atoms with Crippen molar-refractivity contribution < 1.29 is 19.2 Å². The summed E-state index contributed by atoms with van der Waals surface area (Å²) in [6.07, 6.45) is 0.415. The van der Waals surface area contributed by atoms with E-state index in [9.17, 15) is 19.2 Å². The molecule has 2 aliphatic heterocycles. The van der Waals surface area contributed by atoms with Crippen LogP contribution in [0.1, 0.15) is 11.1 Å². The van der Waals surface area contributed by atoms with Crippen molar-refractivity contribution in [2.75, 3.05) is 9.80 Å². The Balaban J connectivity index is 1.01. The summed E-state index contributed by atoms with van der Waals surface area (Å²) in [5.74, 6) is -7.60. The van der Waals surface area contributed by atoms with Crippen LogP contribution in [0.3, 0.4) is 0 Å². The van der Waals surface area contributed by atoms with Crippen molar-refractivity contribution in [1.29, 1.82) is 0 Å². The molecule has 4 amide bonds. The van der Waals surface area contributed by atoms with Gasteiger partial charge in [0.2, 0.25) is 23.6 Å². The molecular weight excluding hydrogens is 890 g/mol. The largest absolute Gasteiger partial charge is 0.274 e. The maximum absolute atomic E-state index is 13.7. The van der Waals surface area contributed by atoms with Gasteiger partial charge in [-0.15, -0.1) is 46.4 Å². The van der Waals surface area contributed by atoms with Crippen LogP contribution in [0, 0.1) is 23.7 Å². The van der Waals surface area contributed by atoms with Gasteiger partial charge in [-0.2, -0.15) is 0 Å². The number of alkyl halides is 8. The Kier molecular flexibility index (Phi) is 7.77. The molecule has 4 fully saturated rings. The second kappa shape index (κ2) is 10.7. The summed E-state index contributed by atoms with van der Waals surface area (Å²) in [7, 11) is 0. The lowest BCUT2D eigenvalue weighted by Gasteiger charge is -2.34. The zero-order valence-corrected chi connectivity index (χ0v) is 32.8. The lowest BCUT2D eigenvalue weighted by Crippen LogP contribution is -2.50. The topological polar surface area (TPSA) is 74.8 Å². The Bertz CT molecular complexity index is 1800. The highest BCUT2D eigenvalue weighted by Gasteiger charge is 2.89. The molecule has 2 aromatic carbocycles. The van der Waals surface area contributed by atoms with Crippen molar-refractivity contribution in [3.05, 3.63) is 79.8 Å². The molecule has 2 saturated carbocycles. The molecule has 6 aliphatic rings. The first-order valence-corrected chi connectivity index (χ1v) is 18.8.